The molecule has 0 saturated heterocycles. The van der Waals surface area contributed by atoms with E-state index >= 15 is 0 Å². The summed E-state index contributed by atoms with van der Waals surface area (Å²) in [5, 5.41) is 13.4. The Morgan fingerprint density at radius 3 is 2.41 bits per heavy atom. The molecule has 136 valence electrons. The molecule has 1 heterocycles. The van der Waals surface area contributed by atoms with Crippen molar-refractivity contribution in [2.75, 3.05) is 5.01 Å². The van der Waals surface area contributed by atoms with Gasteiger partial charge >= 0.3 is 0 Å². The molecule has 0 bridgehead atoms. The highest BCUT2D eigenvalue weighted by Gasteiger charge is 2.14. The number of nitrogens with two attached hydrogens (primary N) is 2. The van der Waals surface area contributed by atoms with Crippen molar-refractivity contribution in [3.63, 3.8) is 0 Å². The molecule has 0 aliphatic carbocycles. The van der Waals surface area contributed by atoms with E-state index in [0.717, 1.165) is 23.2 Å². The van der Waals surface area contributed by atoms with Gasteiger partial charge in [-0.15, -0.1) is 0 Å². The number of aromatic hydroxyl groups is 1. The van der Waals surface area contributed by atoms with Gasteiger partial charge in [-0.25, -0.2) is 5.84 Å². The monoisotopic (exact) mass is 358 g/mol. The number of hydrogen-bond donors (Lipinski definition) is 3. The largest absolute Gasteiger partial charge is 0.508 e. The van der Waals surface area contributed by atoms with Crippen molar-refractivity contribution in [3.05, 3.63) is 78.5 Å². The molecule has 4 rings (SSSR count). The molecule has 5 nitrogen and oxygen atoms in total. The Hall–Kier alpha value is -3.44. The summed E-state index contributed by atoms with van der Waals surface area (Å²) in [5.41, 5.74) is 10.6. The van der Waals surface area contributed by atoms with Gasteiger partial charge in [0.2, 0.25) is 0 Å². The van der Waals surface area contributed by atoms with E-state index in [2.05, 4.69) is 47.9 Å². The first-order chi connectivity index (χ1) is 13.1. The van der Waals surface area contributed by atoms with Crippen molar-refractivity contribution in [2.24, 2.45) is 11.6 Å². The molecule has 5 N–H and O–H groups in total. The van der Waals surface area contributed by atoms with Gasteiger partial charge in [0.05, 0.1) is 11.4 Å². The maximum Gasteiger partial charge on any atom is 0.115 e. The van der Waals surface area contributed by atoms with Crippen LogP contribution < -0.4 is 16.6 Å². The molecule has 0 fully saturated rings. The number of fused-ring (bicyclic) bond motifs is 3. The van der Waals surface area contributed by atoms with Crippen molar-refractivity contribution >= 4 is 33.2 Å². The second-order valence-corrected chi connectivity index (χ2v) is 6.43. The fourth-order valence-corrected chi connectivity index (χ4v) is 3.62. The summed E-state index contributed by atoms with van der Waals surface area (Å²) in [6, 6.07) is 21.4. The number of anilines is 1. The molecule has 0 atom stereocenters. The van der Waals surface area contributed by atoms with Gasteiger partial charge in [0.15, 0.2) is 0 Å². The van der Waals surface area contributed by atoms with Crippen molar-refractivity contribution < 1.29 is 5.11 Å². The third-order valence-corrected chi connectivity index (χ3v) is 4.93. The normalized spacial score (nSPS) is 12.0. The highest BCUT2D eigenvalue weighted by Crippen LogP contribution is 2.33. The lowest BCUT2D eigenvalue weighted by atomic mass is 10.1. The fraction of sp³-hybridized carbons (Fsp3) is 0.0909. The Kier molecular flexibility index (Phi) is 4.22. The van der Waals surface area contributed by atoms with Crippen molar-refractivity contribution in [3.8, 4) is 5.75 Å². The summed E-state index contributed by atoms with van der Waals surface area (Å²) in [6.45, 7) is 3.05. The Bertz CT molecular complexity index is 1140. The van der Waals surface area contributed by atoms with Gasteiger partial charge in [-0.2, -0.15) is 0 Å². The Morgan fingerprint density at radius 2 is 1.70 bits per heavy atom. The first kappa shape index (κ1) is 17.0. The van der Waals surface area contributed by atoms with E-state index in [1.54, 1.807) is 29.3 Å². The van der Waals surface area contributed by atoms with Crippen LogP contribution in [0.4, 0.5) is 5.69 Å². The van der Waals surface area contributed by atoms with Crippen molar-refractivity contribution in [1.29, 1.82) is 0 Å². The molecule has 0 saturated carbocycles. The number of rotatable bonds is 4. The number of aromatic nitrogens is 1. The second kappa shape index (κ2) is 6.70. The average Bonchev–Trinajstić information content (AvgIpc) is 3.03. The van der Waals surface area contributed by atoms with Crippen molar-refractivity contribution in [1.82, 2.24) is 4.57 Å². The highest BCUT2D eigenvalue weighted by molar-refractivity contribution is 6.09. The molecule has 4 aromatic rings. The van der Waals surface area contributed by atoms with Crippen LogP contribution in [0.2, 0.25) is 0 Å². The topological polar surface area (TPSA) is 80.4 Å². The zero-order chi connectivity index (χ0) is 19.0. The predicted molar refractivity (Wildman–Crippen MR) is 112 cm³/mol. The minimum atomic E-state index is 0.201. The van der Waals surface area contributed by atoms with Crippen LogP contribution >= 0.6 is 0 Å². The number of phenols is 1. The maximum atomic E-state index is 9.51. The molecule has 0 radical (unpaired) electrons. The van der Waals surface area contributed by atoms with Crippen LogP contribution in [0, 0.1) is 0 Å². The molecule has 0 unspecified atom stereocenters. The van der Waals surface area contributed by atoms with Crippen LogP contribution in [0.25, 0.3) is 27.5 Å². The summed E-state index contributed by atoms with van der Waals surface area (Å²) in [6.07, 6.45) is 1.48. The van der Waals surface area contributed by atoms with Crippen LogP contribution in [0.3, 0.4) is 0 Å². The molecule has 0 amide bonds. The van der Waals surface area contributed by atoms with Crippen LogP contribution in [0.1, 0.15) is 12.5 Å². The lowest BCUT2D eigenvalue weighted by Crippen LogP contribution is -2.29. The molecule has 0 aliphatic heterocycles. The number of hydrogen-bond acceptors (Lipinski definition) is 4. The predicted octanol–water partition coefficient (Wildman–Crippen LogP) is 4.16. The quantitative estimate of drug-likeness (QED) is 0.378. The van der Waals surface area contributed by atoms with Crippen LogP contribution in [0.15, 0.2) is 72.9 Å². The van der Waals surface area contributed by atoms with Gasteiger partial charge in [0, 0.05) is 40.1 Å². The second-order valence-electron chi connectivity index (χ2n) is 6.43. The molecule has 0 spiro atoms. The Morgan fingerprint density at radius 1 is 1.00 bits per heavy atom. The van der Waals surface area contributed by atoms with Gasteiger partial charge < -0.3 is 15.4 Å². The van der Waals surface area contributed by atoms with E-state index in [4.69, 9.17) is 11.6 Å². The summed E-state index contributed by atoms with van der Waals surface area (Å²) < 4.78 is 2.30. The molecule has 27 heavy (non-hydrogen) atoms. The smallest absolute Gasteiger partial charge is 0.115 e. The van der Waals surface area contributed by atoms with Gasteiger partial charge in [0.1, 0.15) is 5.75 Å². The third-order valence-electron chi connectivity index (χ3n) is 4.93. The lowest BCUT2D eigenvalue weighted by molar-refractivity contribution is 0.475. The van der Waals surface area contributed by atoms with Gasteiger partial charge in [0.25, 0.3) is 0 Å². The zero-order valence-corrected chi connectivity index (χ0v) is 15.1. The number of phenolic OH excluding ortho intramolecular Hbond substituents is 1. The van der Waals surface area contributed by atoms with Gasteiger partial charge in [-0.1, -0.05) is 18.2 Å². The van der Waals surface area contributed by atoms with E-state index in [9.17, 15) is 5.11 Å². The molecule has 5 heteroatoms. The zero-order valence-electron chi connectivity index (χ0n) is 15.1. The van der Waals surface area contributed by atoms with Gasteiger partial charge in [-0.05, 0) is 55.5 Å². The summed E-state index contributed by atoms with van der Waals surface area (Å²) >= 11 is 0. The third kappa shape index (κ3) is 2.78. The van der Waals surface area contributed by atoms with Crippen molar-refractivity contribution in [2.45, 2.75) is 13.5 Å². The fourth-order valence-electron chi connectivity index (χ4n) is 3.62. The summed E-state index contributed by atoms with van der Waals surface area (Å²) in [7, 11) is 0. The lowest BCUT2D eigenvalue weighted by Gasteiger charge is -2.22. The number of benzene rings is 3. The molecular formula is C22H22N4O. The van der Waals surface area contributed by atoms with Gasteiger partial charge in [-0.3, -0.25) is 5.01 Å². The number of hydrazine groups is 1. The molecule has 0 aliphatic rings. The number of para-hydroxylation sites is 1. The maximum absolute atomic E-state index is 9.51. The minimum Gasteiger partial charge on any atom is -0.508 e. The molecule has 1 aromatic heterocycles. The number of aryl methyl sites for hydroxylation is 1. The molecular weight excluding hydrogens is 336 g/mol. The summed E-state index contributed by atoms with van der Waals surface area (Å²) in [4.78, 5) is 0. The van der Waals surface area contributed by atoms with Crippen LogP contribution in [0.5, 0.6) is 5.75 Å². The Labute approximate surface area is 157 Å². The van der Waals surface area contributed by atoms with E-state index in [-0.39, 0.29) is 5.75 Å². The minimum absolute atomic E-state index is 0.201. The van der Waals surface area contributed by atoms with E-state index in [1.165, 1.54) is 22.6 Å². The van der Waals surface area contributed by atoms with Crippen LogP contribution in [-0.2, 0) is 6.54 Å². The first-order valence-corrected chi connectivity index (χ1v) is 8.91. The number of nitrogens with zero attached hydrogens (tertiary/aromatic N) is 2. The SMILES string of the molecule is CCn1c2ccccc2c2cc(N(N)/C(=C\N)c3ccc(O)cc3)ccc21. The van der Waals surface area contributed by atoms with E-state index in [1.807, 2.05) is 6.07 Å². The Balaban J connectivity index is 1.83. The van der Waals surface area contributed by atoms with Crippen LogP contribution in [-0.4, -0.2) is 9.67 Å². The van der Waals surface area contributed by atoms with E-state index in [0.29, 0.717) is 5.70 Å². The molecule has 3 aromatic carbocycles. The standard InChI is InChI=1S/C22H22N4O/c1-2-25-20-6-4-3-5-18(20)19-13-16(9-12-21(19)25)26(24)22(14-23)15-7-10-17(27)11-8-15/h3-14,27H,2,23-24H2,1H3/b22-14-. The first-order valence-electron chi connectivity index (χ1n) is 8.91. The van der Waals surface area contributed by atoms with E-state index < -0.39 is 0 Å². The summed E-state index contributed by atoms with van der Waals surface area (Å²) in [5.74, 6) is 6.61. The highest BCUT2D eigenvalue weighted by atomic mass is 16.3. The average molecular weight is 358 g/mol.